The predicted octanol–water partition coefficient (Wildman–Crippen LogP) is 3.10. The Balaban J connectivity index is 1.81. The quantitative estimate of drug-likeness (QED) is 0.861. The summed E-state index contributed by atoms with van der Waals surface area (Å²) >= 11 is 0. The number of nitrogens with one attached hydrogen (secondary N) is 1. The largest absolute Gasteiger partial charge is 0.445 e. The Morgan fingerprint density at radius 2 is 1.75 bits per heavy atom. The maximum atomic E-state index is 11.6. The van der Waals surface area contributed by atoms with Crippen molar-refractivity contribution < 1.29 is 14.3 Å². The van der Waals surface area contributed by atoms with E-state index in [2.05, 4.69) is 17.2 Å². The molecular formula is C20H19NO3. The van der Waals surface area contributed by atoms with E-state index in [-0.39, 0.29) is 18.9 Å². The second-order valence-electron chi connectivity index (χ2n) is 5.25. The van der Waals surface area contributed by atoms with E-state index in [4.69, 9.17) is 4.74 Å². The van der Waals surface area contributed by atoms with Gasteiger partial charge in [0.15, 0.2) is 0 Å². The molecule has 2 aromatic rings. The zero-order valence-electron chi connectivity index (χ0n) is 13.5. The molecule has 24 heavy (non-hydrogen) atoms. The molecule has 0 unspecified atom stereocenters. The van der Waals surface area contributed by atoms with Crippen molar-refractivity contribution in [2.45, 2.75) is 20.0 Å². The van der Waals surface area contributed by atoms with Crippen LogP contribution in [0.3, 0.4) is 0 Å². The van der Waals surface area contributed by atoms with Gasteiger partial charge in [0.2, 0.25) is 0 Å². The first kappa shape index (κ1) is 17.3. The van der Waals surface area contributed by atoms with E-state index in [0.29, 0.717) is 6.42 Å². The predicted molar refractivity (Wildman–Crippen MR) is 92.3 cm³/mol. The van der Waals surface area contributed by atoms with E-state index in [1.165, 1.54) is 0 Å². The van der Waals surface area contributed by atoms with Crippen molar-refractivity contribution in [3.8, 4) is 11.8 Å². The van der Waals surface area contributed by atoms with Crippen molar-refractivity contribution in [2.24, 2.45) is 0 Å². The lowest BCUT2D eigenvalue weighted by molar-refractivity contribution is -0.116. The molecule has 0 saturated carbocycles. The average molecular weight is 321 g/mol. The summed E-state index contributed by atoms with van der Waals surface area (Å²) in [5, 5.41) is 2.58. The Hall–Kier alpha value is -3.06. The van der Waals surface area contributed by atoms with Gasteiger partial charge in [-0.3, -0.25) is 4.79 Å². The smallest absolute Gasteiger partial charge is 0.408 e. The van der Waals surface area contributed by atoms with E-state index in [0.717, 1.165) is 16.7 Å². The fourth-order valence-corrected chi connectivity index (χ4v) is 2.09. The maximum absolute atomic E-state index is 11.6. The Labute approximate surface area is 141 Å². The van der Waals surface area contributed by atoms with Crippen LogP contribution in [0.25, 0.3) is 0 Å². The Kier molecular flexibility index (Phi) is 6.60. The van der Waals surface area contributed by atoms with Gasteiger partial charge in [0.1, 0.15) is 12.4 Å². The van der Waals surface area contributed by atoms with Crippen LogP contribution in [-0.4, -0.2) is 18.4 Å². The molecule has 1 amide bonds. The number of carbonyl (C=O) groups is 2. The Morgan fingerprint density at radius 3 is 2.50 bits per heavy atom. The molecule has 0 aromatic heterocycles. The van der Waals surface area contributed by atoms with E-state index < -0.39 is 6.09 Å². The minimum Gasteiger partial charge on any atom is -0.445 e. The van der Waals surface area contributed by atoms with Crippen LogP contribution in [0.1, 0.15) is 23.6 Å². The van der Waals surface area contributed by atoms with Gasteiger partial charge in [-0.05, 0) is 24.1 Å². The minimum absolute atomic E-state index is 0.0897. The van der Waals surface area contributed by atoms with Crippen molar-refractivity contribution in [3.63, 3.8) is 0 Å². The molecule has 0 saturated heterocycles. The number of benzene rings is 2. The molecule has 4 nitrogen and oxygen atoms in total. The summed E-state index contributed by atoms with van der Waals surface area (Å²) in [7, 11) is 0. The molecule has 1 N–H and O–H groups in total. The number of carbonyl (C=O) groups excluding carboxylic acids is 2. The van der Waals surface area contributed by atoms with Crippen LogP contribution in [0.2, 0.25) is 0 Å². The third-order valence-electron chi connectivity index (χ3n) is 3.21. The molecule has 0 bridgehead atoms. The van der Waals surface area contributed by atoms with Crippen LogP contribution in [0.15, 0.2) is 54.6 Å². The third kappa shape index (κ3) is 5.98. The van der Waals surface area contributed by atoms with Crippen LogP contribution in [0, 0.1) is 11.8 Å². The molecule has 2 aromatic carbocycles. The first-order valence-electron chi connectivity index (χ1n) is 7.66. The summed E-state index contributed by atoms with van der Waals surface area (Å²) < 4.78 is 5.09. The molecule has 2 rings (SSSR count). The molecule has 0 aliphatic rings. The fourth-order valence-electron chi connectivity index (χ4n) is 2.09. The highest BCUT2D eigenvalue weighted by Crippen LogP contribution is 2.08. The summed E-state index contributed by atoms with van der Waals surface area (Å²) in [6, 6.07) is 17.0. The van der Waals surface area contributed by atoms with Crippen LogP contribution in [0.4, 0.5) is 4.79 Å². The number of ketones is 1. The summed E-state index contributed by atoms with van der Waals surface area (Å²) in [6.45, 7) is 1.96. The molecule has 0 aliphatic heterocycles. The highest BCUT2D eigenvalue weighted by Gasteiger charge is 2.02. The van der Waals surface area contributed by atoms with Crippen molar-refractivity contribution in [3.05, 3.63) is 71.3 Å². The van der Waals surface area contributed by atoms with Crippen LogP contribution >= 0.6 is 0 Å². The van der Waals surface area contributed by atoms with E-state index in [1.54, 1.807) is 6.92 Å². The second kappa shape index (κ2) is 9.16. The number of amides is 1. The lowest BCUT2D eigenvalue weighted by atomic mass is 10.0. The zero-order chi connectivity index (χ0) is 17.2. The topological polar surface area (TPSA) is 55.4 Å². The van der Waals surface area contributed by atoms with Gasteiger partial charge in [-0.1, -0.05) is 60.4 Å². The van der Waals surface area contributed by atoms with Gasteiger partial charge in [0.25, 0.3) is 0 Å². The van der Waals surface area contributed by atoms with Gasteiger partial charge >= 0.3 is 6.09 Å². The summed E-state index contributed by atoms with van der Waals surface area (Å²) in [6.07, 6.45) is -0.151. The summed E-state index contributed by atoms with van der Waals surface area (Å²) in [5.74, 6) is 5.94. The van der Waals surface area contributed by atoms with Gasteiger partial charge in [-0.2, -0.15) is 0 Å². The lowest BCUT2D eigenvalue weighted by Crippen LogP contribution is -2.24. The molecule has 0 aliphatic carbocycles. The number of rotatable bonds is 5. The normalized spacial score (nSPS) is 9.54. The number of ether oxygens (including phenoxy) is 1. The van der Waals surface area contributed by atoms with Crippen LogP contribution < -0.4 is 5.32 Å². The molecule has 0 atom stereocenters. The average Bonchev–Trinajstić information content (AvgIpc) is 2.58. The van der Waals surface area contributed by atoms with Crippen molar-refractivity contribution in [1.82, 2.24) is 5.32 Å². The van der Waals surface area contributed by atoms with E-state index in [1.807, 2.05) is 54.6 Å². The Morgan fingerprint density at radius 1 is 1.04 bits per heavy atom. The SMILES string of the molecule is CC(=O)Cc1ccccc1C#CCNC(=O)OCc1ccccc1. The summed E-state index contributed by atoms with van der Waals surface area (Å²) in [4.78, 5) is 22.8. The van der Waals surface area contributed by atoms with Gasteiger partial charge < -0.3 is 10.1 Å². The fraction of sp³-hybridized carbons (Fsp3) is 0.200. The molecule has 122 valence electrons. The van der Waals surface area contributed by atoms with Crippen molar-refractivity contribution in [1.29, 1.82) is 0 Å². The molecular weight excluding hydrogens is 302 g/mol. The first-order valence-corrected chi connectivity index (χ1v) is 7.66. The number of hydrogen-bond donors (Lipinski definition) is 1. The molecule has 0 spiro atoms. The summed E-state index contributed by atoms with van der Waals surface area (Å²) in [5.41, 5.74) is 2.62. The Bertz CT molecular complexity index is 757. The zero-order valence-corrected chi connectivity index (χ0v) is 13.5. The second-order valence-corrected chi connectivity index (χ2v) is 5.25. The highest BCUT2D eigenvalue weighted by atomic mass is 16.5. The number of Topliss-reactive ketones (excluding diaryl/α,β-unsaturated/α-hetero) is 1. The maximum Gasteiger partial charge on any atom is 0.408 e. The van der Waals surface area contributed by atoms with Crippen molar-refractivity contribution >= 4 is 11.9 Å². The monoisotopic (exact) mass is 321 g/mol. The van der Waals surface area contributed by atoms with Crippen LogP contribution in [0.5, 0.6) is 0 Å². The van der Waals surface area contributed by atoms with Gasteiger partial charge in [-0.15, -0.1) is 0 Å². The molecule has 0 fully saturated rings. The first-order chi connectivity index (χ1) is 11.6. The van der Waals surface area contributed by atoms with Crippen molar-refractivity contribution in [2.75, 3.05) is 6.54 Å². The van der Waals surface area contributed by atoms with Gasteiger partial charge in [0, 0.05) is 12.0 Å². The number of alkyl carbamates (subject to hydrolysis) is 1. The van der Waals surface area contributed by atoms with E-state index >= 15 is 0 Å². The molecule has 0 heterocycles. The third-order valence-corrected chi connectivity index (χ3v) is 3.21. The molecule has 0 radical (unpaired) electrons. The number of hydrogen-bond acceptors (Lipinski definition) is 3. The lowest BCUT2D eigenvalue weighted by Gasteiger charge is -2.04. The van der Waals surface area contributed by atoms with Crippen LogP contribution in [-0.2, 0) is 22.6 Å². The van der Waals surface area contributed by atoms with Gasteiger partial charge in [-0.25, -0.2) is 4.79 Å². The van der Waals surface area contributed by atoms with E-state index in [9.17, 15) is 9.59 Å². The minimum atomic E-state index is -0.509. The highest BCUT2D eigenvalue weighted by molar-refractivity contribution is 5.79. The van der Waals surface area contributed by atoms with Gasteiger partial charge in [0.05, 0.1) is 6.54 Å². The standard InChI is InChI=1S/C20H19NO3/c1-16(22)14-19-11-6-5-10-18(19)12-7-13-21-20(23)24-15-17-8-3-2-4-9-17/h2-6,8-11H,13-15H2,1H3,(H,21,23). The molecule has 4 heteroatoms.